The van der Waals surface area contributed by atoms with Gasteiger partial charge in [0, 0.05) is 11.8 Å². The number of ether oxygens (including phenoxy) is 1. The molecule has 2 aromatic rings. The molecule has 1 N–H and O–H groups in total. The van der Waals surface area contributed by atoms with Crippen LogP contribution >= 0.6 is 11.6 Å². The van der Waals surface area contributed by atoms with Crippen molar-refractivity contribution in [1.29, 1.82) is 0 Å². The molecule has 0 saturated carbocycles. The monoisotopic (exact) mass is 343 g/mol. The zero-order valence-electron chi connectivity index (χ0n) is 13.5. The van der Waals surface area contributed by atoms with E-state index in [9.17, 15) is 9.90 Å². The van der Waals surface area contributed by atoms with Gasteiger partial charge in [-0.3, -0.25) is 4.99 Å². The van der Waals surface area contributed by atoms with E-state index in [4.69, 9.17) is 16.3 Å². The van der Waals surface area contributed by atoms with Crippen molar-refractivity contribution >= 4 is 35.2 Å². The molecule has 0 spiro atoms. The molecular formula is C19H18ClNO3. The molecule has 0 heterocycles. The molecule has 5 heteroatoms. The quantitative estimate of drug-likeness (QED) is 0.364. The molecule has 4 nitrogen and oxygen atoms in total. The predicted octanol–water partition coefficient (Wildman–Crippen LogP) is 4.88. The van der Waals surface area contributed by atoms with Gasteiger partial charge in [0.25, 0.3) is 0 Å². The highest BCUT2D eigenvalue weighted by atomic mass is 35.5. The number of aliphatic hydroxyl groups excluding tert-OH is 1. The van der Waals surface area contributed by atoms with Gasteiger partial charge in [-0.25, -0.2) is 4.79 Å². The van der Waals surface area contributed by atoms with Gasteiger partial charge in [-0.1, -0.05) is 41.4 Å². The Morgan fingerprint density at radius 1 is 1.21 bits per heavy atom. The number of carbonyl (C=O) groups excluding carboxylic acids is 1. The number of hydrogen-bond acceptors (Lipinski definition) is 4. The van der Waals surface area contributed by atoms with Gasteiger partial charge in [-0.05, 0) is 38.1 Å². The molecule has 0 aromatic heterocycles. The Morgan fingerprint density at radius 3 is 2.50 bits per heavy atom. The largest absolute Gasteiger partial charge is 0.506 e. The number of aliphatic hydroxyl groups is 1. The number of esters is 1. The van der Waals surface area contributed by atoms with Gasteiger partial charge in [0.1, 0.15) is 11.3 Å². The number of halogens is 1. The van der Waals surface area contributed by atoms with E-state index in [2.05, 4.69) is 4.99 Å². The van der Waals surface area contributed by atoms with E-state index in [-0.39, 0.29) is 17.9 Å². The first-order valence-corrected chi connectivity index (χ1v) is 7.86. The first-order valence-electron chi connectivity index (χ1n) is 7.49. The van der Waals surface area contributed by atoms with Crippen molar-refractivity contribution in [2.75, 3.05) is 6.61 Å². The molecule has 24 heavy (non-hydrogen) atoms. The topological polar surface area (TPSA) is 58.9 Å². The standard InChI is InChI=1S/C19H18ClNO3/c1-3-24-19(23)16(12-21-14-10-8-13(2)9-11-14)18(22)15-6-4-5-7-17(15)20/h4-12,22H,3H2,1-2H3. The summed E-state index contributed by atoms with van der Waals surface area (Å²) in [5, 5.41) is 10.8. The fourth-order valence-electron chi connectivity index (χ4n) is 1.99. The van der Waals surface area contributed by atoms with E-state index in [1.54, 1.807) is 31.2 Å². The number of aryl methyl sites for hydroxylation is 1. The van der Waals surface area contributed by atoms with Gasteiger partial charge in [0.2, 0.25) is 0 Å². The van der Waals surface area contributed by atoms with Crippen LogP contribution in [0.5, 0.6) is 0 Å². The highest BCUT2D eigenvalue weighted by Crippen LogP contribution is 2.24. The second kappa shape index (κ2) is 8.31. The number of carbonyl (C=O) groups is 1. The van der Waals surface area contributed by atoms with Crippen LogP contribution in [0, 0.1) is 6.92 Å². The molecule has 0 aliphatic rings. The van der Waals surface area contributed by atoms with Crippen LogP contribution in [0.25, 0.3) is 5.76 Å². The van der Waals surface area contributed by atoms with Crippen LogP contribution in [0.15, 0.2) is 59.1 Å². The van der Waals surface area contributed by atoms with Gasteiger partial charge >= 0.3 is 5.97 Å². The average molecular weight is 344 g/mol. The van der Waals surface area contributed by atoms with Gasteiger partial charge in [0.15, 0.2) is 0 Å². The first-order chi connectivity index (χ1) is 11.5. The van der Waals surface area contributed by atoms with Crippen LogP contribution in [0.2, 0.25) is 5.02 Å². The molecule has 0 aliphatic heterocycles. The zero-order chi connectivity index (χ0) is 17.5. The Hall–Kier alpha value is -2.59. The first kappa shape index (κ1) is 17.8. The van der Waals surface area contributed by atoms with Crippen LogP contribution in [-0.4, -0.2) is 23.9 Å². The summed E-state index contributed by atoms with van der Waals surface area (Å²) in [6.07, 6.45) is 1.29. The van der Waals surface area contributed by atoms with E-state index < -0.39 is 5.97 Å². The maximum Gasteiger partial charge on any atom is 0.343 e. The second-order valence-electron chi connectivity index (χ2n) is 5.06. The second-order valence-corrected chi connectivity index (χ2v) is 5.46. The van der Waals surface area contributed by atoms with Crippen molar-refractivity contribution in [1.82, 2.24) is 0 Å². The Labute approximate surface area is 146 Å². The molecule has 2 rings (SSSR count). The van der Waals surface area contributed by atoms with Crippen molar-refractivity contribution in [2.45, 2.75) is 13.8 Å². The molecule has 124 valence electrons. The van der Waals surface area contributed by atoms with Crippen LogP contribution in [0.1, 0.15) is 18.1 Å². The summed E-state index contributed by atoms with van der Waals surface area (Å²) in [6.45, 7) is 3.86. The molecule has 0 aliphatic carbocycles. The van der Waals surface area contributed by atoms with Crippen molar-refractivity contribution in [2.24, 2.45) is 4.99 Å². The molecule has 0 atom stereocenters. The van der Waals surface area contributed by atoms with Gasteiger partial charge in [0.05, 0.1) is 17.3 Å². The smallest absolute Gasteiger partial charge is 0.343 e. The lowest BCUT2D eigenvalue weighted by Crippen LogP contribution is -2.11. The van der Waals surface area contributed by atoms with Crippen LogP contribution in [-0.2, 0) is 9.53 Å². The number of rotatable bonds is 5. The third-order valence-corrected chi connectivity index (χ3v) is 3.59. The lowest BCUT2D eigenvalue weighted by Gasteiger charge is -2.08. The van der Waals surface area contributed by atoms with Crippen molar-refractivity contribution in [3.63, 3.8) is 0 Å². The minimum Gasteiger partial charge on any atom is -0.506 e. The summed E-state index contributed by atoms with van der Waals surface area (Å²) in [6, 6.07) is 14.2. The summed E-state index contributed by atoms with van der Waals surface area (Å²) >= 11 is 6.09. The number of aliphatic imine (C=N–C) groups is 1. The predicted molar refractivity (Wildman–Crippen MR) is 97.0 cm³/mol. The maximum atomic E-state index is 12.2. The molecule has 0 amide bonds. The number of benzene rings is 2. The summed E-state index contributed by atoms with van der Waals surface area (Å²) in [5.41, 5.74) is 2.06. The minimum atomic E-state index is -0.661. The highest BCUT2D eigenvalue weighted by Gasteiger charge is 2.17. The maximum absolute atomic E-state index is 12.2. The van der Waals surface area contributed by atoms with E-state index in [1.165, 1.54) is 6.21 Å². The highest BCUT2D eigenvalue weighted by molar-refractivity contribution is 6.32. The normalized spacial score (nSPS) is 12.1. The fraction of sp³-hybridized carbons (Fsp3) is 0.158. The summed E-state index contributed by atoms with van der Waals surface area (Å²) < 4.78 is 5.00. The van der Waals surface area contributed by atoms with Gasteiger partial charge < -0.3 is 9.84 Å². The molecule has 2 aromatic carbocycles. The van der Waals surface area contributed by atoms with Crippen molar-refractivity contribution < 1.29 is 14.6 Å². The number of hydrogen-bond donors (Lipinski definition) is 1. The van der Waals surface area contributed by atoms with Crippen LogP contribution in [0.3, 0.4) is 0 Å². The van der Waals surface area contributed by atoms with Crippen LogP contribution < -0.4 is 0 Å². The molecule has 0 unspecified atom stereocenters. The SMILES string of the molecule is CCOC(=O)C(C=Nc1ccc(C)cc1)=C(O)c1ccccc1Cl. The zero-order valence-corrected chi connectivity index (χ0v) is 14.2. The summed E-state index contributed by atoms with van der Waals surface area (Å²) in [4.78, 5) is 16.4. The van der Waals surface area contributed by atoms with Crippen molar-refractivity contribution in [3.05, 3.63) is 70.3 Å². The summed E-state index contributed by atoms with van der Waals surface area (Å²) in [7, 11) is 0. The number of nitrogens with zero attached hydrogens (tertiary/aromatic N) is 1. The van der Waals surface area contributed by atoms with Crippen molar-refractivity contribution in [3.8, 4) is 0 Å². The van der Waals surface area contributed by atoms with Gasteiger partial charge in [-0.2, -0.15) is 0 Å². The Bertz CT molecular complexity index is 779. The van der Waals surface area contributed by atoms with Gasteiger partial charge in [-0.15, -0.1) is 0 Å². The lowest BCUT2D eigenvalue weighted by atomic mass is 10.1. The molecule has 0 fully saturated rings. The molecular weight excluding hydrogens is 326 g/mol. The van der Waals surface area contributed by atoms with E-state index in [0.29, 0.717) is 16.3 Å². The van der Waals surface area contributed by atoms with E-state index in [1.807, 2.05) is 31.2 Å². The molecule has 0 bridgehead atoms. The Morgan fingerprint density at radius 2 is 1.88 bits per heavy atom. The fourth-order valence-corrected chi connectivity index (χ4v) is 2.21. The third kappa shape index (κ3) is 4.46. The van der Waals surface area contributed by atoms with E-state index in [0.717, 1.165) is 5.56 Å². The summed E-state index contributed by atoms with van der Waals surface area (Å²) in [5.74, 6) is -0.930. The molecule has 0 saturated heterocycles. The average Bonchev–Trinajstić information content (AvgIpc) is 2.57. The Kier molecular flexibility index (Phi) is 6.15. The van der Waals surface area contributed by atoms with E-state index >= 15 is 0 Å². The molecule has 0 radical (unpaired) electrons. The minimum absolute atomic E-state index is 0.0504. The third-order valence-electron chi connectivity index (χ3n) is 3.26. The lowest BCUT2D eigenvalue weighted by molar-refractivity contribution is -0.137. The Balaban J connectivity index is 2.44. The van der Waals surface area contributed by atoms with Crippen LogP contribution in [0.4, 0.5) is 5.69 Å².